The van der Waals surface area contributed by atoms with Crippen molar-refractivity contribution in [2.45, 2.75) is 13.3 Å². The van der Waals surface area contributed by atoms with Crippen molar-refractivity contribution >= 4 is 17.9 Å². The van der Waals surface area contributed by atoms with E-state index < -0.39 is 5.91 Å². The number of nitrogens with one attached hydrogen (secondary N) is 1. The first kappa shape index (κ1) is 19.0. The number of nitrogens with zero attached hydrogens (tertiary/aromatic N) is 6. The first-order valence-electron chi connectivity index (χ1n) is 9.19. The van der Waals surface area contributed by atoms with Gasteiger partial charge in [0.15, 0.2) is 5.69 Å². The third-order valence-electron chi connectivity index (χ3n) is 4.40. The number of amides is 1. The molecule has 150 valence electrons. The molecular weight excluding hydrogens is 384 g/mol. The van der Waals surface area contributed by atoms with Crippen LogP contribution < -0.4 is 11.2 Å². The number of nitrogen functional groups attached to an aromatic ring is 1. The molecule has 0 saturated heterocycles. The van der Waals surface area contributed by atoms with Gasteiger partial charge in [-0.25, -0.2) is 10.1 Å². The maximum atomic E-state index is 12.8. The van der Waals surface area contributed by atoms with Crippen molar-refractivity contribution in [1.82, 2.24) is 30.7 Å². The van der Waals surface area contributed by atoms with Gasteiger partial charge in [0.1, 0.15) is 5.69 Å². The van der Waals surface area contributed by atoms with Crippen LogP contribution in [0.3, 0.4) is 0 Å². The zero-order valence-electron chi connectivity index (χ0n) is 16.1. The average Bonchev–Trinajstić information content (AvgIpc) is 3.40. The Hall–Kier alpha value is -4.34. The van der Waals surface area contributed by atoms with E-state index in [9.17, 15) is 4.79 Å². The molecule has 2 aromatic carbocycles. The Labute approximate surface area is 171 Å². The average molecular weight is 402 g/mol. The standard InChI is InChI=1S/C20H18N8O2/c1-2-13-8-10-14(11-9-13)12-22-24-20(29)16-17(15-6-4-3-5-7-15)28(27-23-16)19-18(21)25-30-26-19/h3-12H,2H2,1H3,(H2,21,25)(H,24,29)/b22-12-. The summed E-state index contributed by atoms with van der Waals surface area (Å²) in [5, 5.41) is 19.3. The first-order chi connectivity index (χ1) is 14.7. The Bertz CT molecular complexity index is 1180. The van der Waals surface area contributed by atoms with Crippen LogP contribution in [0, 0.1) is 0 Å². The Kier molecular flexibility index (Phi) is 5.29. The number of benzene rings is 2. The molecule has 30 heavy (non-hydrogen) atoms. The molecule has 0 bridgehead atoms. The van der Waals surface area contributed by atoms with Crippen LogP contribution in [0.15, 0.2) is 64.3 Å². The van der Waals surface area contributed by atoms with Crippen LogP contribution in [0.25, 0.3) is 17.1 Å². The molecule has 0 aliphatic heterocycles. The normalized spacial score (nSPS) is 11.1. The van der Waals surface area contributed by atoms with Gasteiger partial charge in [0.05, 0.1) is 6.21 Å². The van der Waals surface area contributed by atoms with E-state index in [0.29, 0.717) is 11.3 Å². The molecule has 0 unspecified atom stereocenters. The number of anilines is 1. The van der Waals surface area contributed by atoms with Crippen LogP contribution in [-0.2, 0) is 6.42 Å². The predicted molar refractivity (Wildman–Crippen MR) is 110 cm³/mol. The minimum absolute atomic E-state index is 0.0255. The van der Waals surface area contributed by atoms with Gasteiger partial charge in [-0.2, -0.15) is 9.78 Å². The van der Waals surface area contributed by atoms with Gasteiger partial charge in [-0.15, -0.1) is 5.10 Å². The highest BCUT2D eigenvalue weighted by atomic mass is 16.6. The molecule has 10 heteroatoms. The smallest absolute Gasteiger partial charge is 0.294 e. The van der Waals surface area contributed by atoms with E-state index in [0.717, 1.165) is 12.0 Å². The van der Waals surface area contributed by atoms with E-state index in [1.165, 1.54) is 10.2 Å². The fourth-order valence-corrected chi connectivity index (χ4v) is 2.83. The number of hydrogen-bond acceptors (Lipinski definition) is 8. The molecule has 4 rings (SSSR count). The van der Waals surface area contributed by atoms with Crippen LogP contribution in [-0.4, -0.2) is 37.4 Å². The highest BCUT2D eigenvalue weighted by Gasteiger charge is 2.24. The Morgan fingerprint density at radius 3 is 2.60 bits per heavy atom. The molecule has 0 spiro atoms. The van der Waals surface area contributed by atoms with Gasteiger partial charge < -0.3 is 5.73 Å². The molecule has 0 saturated carbocycles. The molecule has 0 aliphatic rings. The lowest BCUT2D eigenvalue weighted by atomic mass is 10.1. The molecule has 0 fully saturated rings. The van der Waals surface area contributed by atoms with Crippen molar-refractivity contribution in [3.8, 4) is 17.1 Å². The second-order valence-corrected chi connectivity index (χ2v) is 6.33. The number of carbonyl (C=O) groups is 1. The maximum Gasteiger partial charge on any atom is 0.294 e. The zero-order chi connectivity index (χ0) is 20.9. The minimum Gasteiger partial charge on any atom is -0.378 e. The first-order valence-corrected chi connectivity index (χ1v) is 9.19. The second kappa shape index (κ2) is 8.35. The van der Waals surface area contributed by atoms with Crippen molar-refractivity contribution in [2.75, 3.05) is 5.73 Å². The summed E-state index contributed by atoms with van der Waals surface area (Å²) in [4.78, 5) is 12.8. The minimum atomic E-state index is -0.531. The zero-order valence-corrected chi connectivity index (χ0v) is 16.1. The number of carbonyl (C=O) groups excluding carboxylic acids is 1. The van der Waals surface area contributed by atoms with Crippen LogP contribution in [0.2, 0.25) is 0 Å². The maximum absolute atomic E-state index is 12.8. The summed E-state index contributed by atoms with van der Waals surface area (Å²) in [6, 6.07) is 17.0. The van der Waals surface area contributed by atoms with Gasteiger partial charge in [0.2, 0.25) is 11.6 Å². The fourth-order valence-electron chi connectivity index (χ4n) is 2.83. The molecule has 10 nitrogen and oxygen atoms in total. The summed E-state index contributed by atoms with van der Waals surface area (Å²) in [6.45, 7) is 2.09. The lowest BCUT2D eigenvalue weighted by Gasteiger charge is -2.05. The molecule has 0 radical (unpaired) electrons. The van der Waals surface area contributed by atoms with E-state index in [-0.39, 0.29) is 17.3 Å². The van der Waals surface area contributed by atoms with Gasteiger partial charge >= 0.3 is 0 Å². The summed E-state index contributed by atoms with van der Waals surface area (Å²) < 4.78 is 5.96. The topological polar surface area (TPSA) is 137 Å². The number of rotatable bonds is 6. The van der Waals surface area contributed by atoms with Gasteiger partial charge in [0.25, 0.3) is 5.91 Å². The lowest BCUT2D eigenvalue weighted by Crippen LogP contribution is -2.19. The van der Waals surface area contributed by atoms with Gasteiger partial charge in [-0.05, 0) is 27.9 Å². The fraction of sp³-hybridized carbons (Fsp3) is 0.100. The summed E-state index contributed by atoms with van der Waals surface area (Å²) in [7, 11) is 0. The molecule has 1 amide bonds. The van der Waals surface area contributed by atoms with Gasteiger partial charge in [-0.3, -0.25) is 4.79 Å². The van der Waals surface area contributed by atoms with Gasteiger partial charge in [-0.1, -0.05) is 66.7 Å². The number of hydrazone groups is 1. The molecular formula is C20H18N8O2. The lowest BCUT2D eigenvalue weighted by molar-refractivity contribution is 0.0950. The second-order valence-electron chi connectivity index (χ2n) is 6.33. The van der Waals surface area contributed by atoms with Crippen molar-refractivity contribution in [2.24, 2.45) is 5.10 Å². The van der Waals surface area contributed by atoms with Crippen molar-refractivity contribution in [3.05, 3.63) is 71.4 Å². The monoisotopic (exact) mass is 402 g/mol. The number of aromatic nitrogens is 5. The third kappa shape index (κ3) is 3.78. The summed E-state index contributed by atoms with van der Waals surface area (Å²) in [5.74, 6) is -0.367. The highest BCUT2D eigenvalue weighted by Crippen LogP contribution is 2.26. The van der Waals surface area contributed by atoms with Gasteiger partial charge in [0, 0.05) is 5.56 Å². The van der Waals surface area contributed by atoms with Crippen LogP contribution in [0.5, 0.6) is 0 Å². The van der Waals surface area contributed by atoms with E-state index in [1.807, 2.05) is 54.6 Å². The predicted octanol–water partition coefficient (Wildman–Crippen LogP) is 2.23. The van der Waals surface area contributed by atoms with E-state index in [4.69, 9.17) is 5.73 Å². The molecule has 2 heterocycles. The van der Waals surface area contributed by atoms with E-state index in [2.05, 4.69) is 42.7 Å². The quantitative estimate of drug-likeness (QED) is 0.372. The Morgan fingerprint density at radius 1 is 1.17 bits per heavy atom. The van der Waals surface area contributed by atoms with E-state index >= 15 is 0 Å². The van der Waals surface area contributed by atoms with Crippen molar-refractivity contribution < 1.29 is 9.42 Å². The Balaban J connectivity index is 1.63. The number of aryl methyl sites for hydroxylation is 1. The van der Waals surface area contributed by atoms with Crippen LogP contribution in [0.1, 0.15) is 28.5 Å². The molecule has 0 aliphatic carbocycles. The molecule has 2 aromatic heterocycles. The third-order valence-corrected chi connectivity index (χ3v) is 4.40. The van der Waals surface area contributed by atoms with Crippen LogP contribution in [0.4, 0.5) is 5.82 Å². The molecule has 4 aromatic rings. The molecule has 0 atom stereocenters. The number of nitrogens with two attached hydrogens (primary N) is 1. The highest BCUT2D eigenvalue weighted by molar-refractivity contribution is 5.98. The largest absolute Gasteiger partial charge is 0.378 e. The summed E-state index contributed by atoms with van der Waals surface area (Å²) >= 11 is 0. The Morgan fingerprint density at radius 2 is 1.93 bits per heavy atom. The molecule has 3 N–H and O–H groups in total. The van der Waals surface area contributed by atoms with Crippen molar-refractivity contribution in [1.29, 1.82) is 0 Å². The van der Waals surface area contributed by atoms with E-state index in [1.54, 1.807) is 6.21 Å². The summed E-state index contributed by atoms with van der Waals surface area (Å²) in [6.07, 6.45) is 2.52. The van der Waals surface area contributed by atoms with Crippen molar-refractivity contribution in [3.63, 3.8) is 0 Å². The SMILES string of the molecule is CCc1ccc(/C=N\NC(=O)c2nnn(-c3nonc3N)c2-c2ccccc2)cc1. The van der Waals surface area contributed by atoms with Crippen LogP contribution >= 0.6 is 0 Å². The number of hydrogen-bond donors (Lipinski definition) is 2. The summed E-state index contributed by atoms with van der Waals surface area (Å²) in [5.41, 5.74) is 11.5.